The Hall–Kier alpha value is -1.17. The lowest BCUT2D eigenvalue weighted by Gasteiger charge is -2.26. The molecule has 0 radical (unpaired) electrons. The summed E-state index contributed by atoms with van der Waals surface area (Å²) in [5.41, 5.74) is 0. The third-order valence-corrected chi connectivity index (χ3v) is 2.99. The van der Waals surface area contributed by atoms with E-state index in [2.05, 4.69) is 0 Å². The first-order chi connectivity index (χ1) is 9.12. The first-order valence-corrected chi connectivity index (χ1v) is 6.44. The smallest absolute Gasteiger partial charge is 0.303 e. The van der Waals surface area contributed by atoms with Crippen LogP contribution in [0.4, 0.5) is 0 Å². The highest BCUT2D eigenvalue weighted by Crippen LogP contribution is 2.29. The Morgan fingerprint density at radius 1 is 1.42 bits per heavy atom. The van der Waals surface area contributed by atoms with E-state index in [4.69, 9.17) is 19.3 Å². The first-order valence-electron chi connectivity index (χ1n) is 6.44. The first kappa shape index (κ1) is 15.9. The fourth-order valence-electron chi connectivity index (χ4n) is 1.88. The Morgan fingerprint density at radius 2 is 2.16 bits per heavy atom. The predicted octanol–water partition coefficient (Wildman–Crippen LogP) is 2.48. The Kier molecular flexibility index (Phi) is 6.77. The van der Waals surface area contributed by atoms with Crippen molar-refractivity contribution in [3.8, 4) is 0 Å². The Labute approximate surface area is 113 Å². The van der Waals surface area contributed by atoms with Crippen molar-refractivity contribution in [2.24, 2.45) is 0 Å². The number of hydrogen-bond donors (Lipinski definition) is 1. The fraction of sp³-hybridized carbons (Fsp3) is 0.643. The number of ether oxygens (including phenoxy) is 3. The van der Waals surface area contributed by atoms with Crippen molar-refractivity contribution < 1.29 is 24.1 Å². The van der Waals surface area contributed by atoms with Crippen LogP contribution < -0.4 is 0 Å². The van der Waals surface area contributed by atoms with Crippen LogP contribution in [0.3, 0.4) is 0 Å². The number of carboxylic acids is 1. The Bertz CT molecular complexity index is 337. The van der Waals surface area contributed by atoms with Gasteiger partial charge in [-0.25, -0.2) is 0 Å². The average Bonchev–Trinajstić information content (AvgIpc) is 2.82. The van der Waals surface area contributed by atoms with Crippen LogP contribution in [0.1, 0.15) is 32.1 Å². The Balaban J connectivity index is 2.22. The van der Waals surface area contributed by atoms with Crippen LogP contribution >= 0.6 is 0 Å². The van der Waals surface area contributed by atoms with Crippen LogP contribution in [0.2, 0.25) is 0 Å². The van der Waals surface area contributed by atoms with Crippen molar-refractivity contribution in [1.29, 1.82) is 0 Å². The quantitative estimate of drug-likeness (QED) is 0.515. The number of unbranched alkanes of at least 4 members (excludes halogenated alkanes) is 1. The minimum atomic E-state index is -0.748. The minimum absolute atomic E-state index is 0.216. The van der Waals surface area contributed by atoms with Crippen LogP contribution in [0.15, 0.2) is 24.3 Å². The van der Waals surface area contributed by atoms with Crippen molar-refractivity contribution >= 4 is 5.97 Å². The highest BCUT2D eigenvalue weighted by atomic mass is 16.8. The van der Waals surface area contributed by atoms with Gasteiger partial charge in [-0.1, -0.05) is 12.2 Å². The lowest BCUT2D eigenvalue weighted by molar-refractivity contribution is -0.244. The number of methoxy groups -OCH3 is 2. The van der Waals surface area contributed by atoms with Gasteiger partial charge >= 0.3 is 5.97 Å². The second-order valence-electron chi connectivity index (χ2n) is 4.39. The summed E-state index contributed by atoms with van der Waals surface area (Å²) in [5, 5.41) is 8.50. The molecule has 0 aromatic rings. The van der Waals surface area contributed by atoms with Crippen molar-refractivity contribution in [3.05, 3.63) is 24.3 Å². The standard InChI is InChI=1S/C14H22O5/c1-17-13-9-11-14(18-2,19-13)10-7-5-3-4-6-8-12(15)16/h3,5,9,11,13H,4,6-8,10H2,1-2H3,(H,15,16). The van der Waals surface area contributed by atoms with E-state index in [0.717, 1.165) is 12.8 Å². The number of allylic oxidation sites excluding steroid dienone is 2. The number of rotatable bonds is 9. The summed E-state index contributed by atoms with van der Waals surface area (Å²) in [6.07, 6.45) is 10.6. The van der Waals surface area contributed by atoms with Crippen LogP contribution in [0.5, 0.6) is 0 Å². The number of carboxylic acid groups (broad SMARTS) is 1. The molecule has 0 saturated carbocycles. The highest BCUT2D eigenvalue weighted by molar-refractivity contribution is 5.66. The van der Waals surface area contributed by atoms with Crippen LogP contribution in [0.25, 0.3) is 0 Å². The molecule has 19 heavy (non-hydrogen) atoms. The summed E-state index contributed by atoms with van der Waals surface area (Å²) in [7, 11) is 3.20. The molecule has 2 unspecified atom stereocenters. The van der Waals surface area contributed by atoms with E-state index in [0.29, 0.717) is 12.8 Å². The molecular weight excluding hydrogens is 248 g/mol. The van der Waals surface area contributed by atoms with Crippen molar-refractivity contribution in [1.82, 2.24) is 0 Å². The molecule has 1 heterocycles. The molecule has 0 aromatic heterocycles. The van der Waals surface area contributed by atoms with E-state index in [1.807, 2.05) is 24.3 Å². The number of aliphatic carboxylic acids is 1. The van der Waals surface area contributed by atoms with Crippen LogP contribution in [0, 0.1) is 0 Å². The fourth-order valence-corrected chi connectivity index (χ4v) is 1.88. The third kappa shape index (κ3) is 5.55. The molecule has 5 nitrogen and oxygen atoms in total. The number of hydrogen-bond acceptors (Lipinski definition) is 4. The summed E-state index contributed by atoms with van der Waals surface area (Å²) in [4.78, 5) is 10.3. The molecule has 2 atom stereocenters. The van der Waals surface area contributed by atoms with Crippen LogP contribution in [-0.2, 0) is 19.0 Å². The molecule has 1 N–H and O–H groups in total. The molecule has 0 spiro atoms. The lowest BCUT2D eigenvalue weighted by Crippen LogP contribution is -2.32. The zero-order chi connectivity index (χ0) is 14.1. The van der Waals surface area contributed by atoms with Gasteiger partial charge in [0.15, 0.2) is 12.1 Å². The minimum Gasteiger partial charge on any atom is -0.481 e. The van der Waals surface area contributed by atoms with Gasteiger partial charge in [0, 0.05) is 27.1 Å². The number of carbonyl (C=O) groups is 1. The maximum Gasteiger partial charge on any atom is 0.303 e. The van der Waals surface area contributed by atoms with E-state index in [1.54, 1.807) is 14.2 Å². The van der Waals surface area contributed by atoms with Crippen LogP contribution in [-0.4, -0.2) is 37.4 Å². The zero-order valence-electron chi connectivity index (χ0n) is 11.5. The molecule has 1 aliphatic heterocycles. The van der Waals surface area contributed by atoms with Gasteiger partial charge < -0.3 is 19.3 Å². The van der Waals surface area contributed by atoms with E-state index in [9.17, 15) is 4.79 Å². The van der Waals surface area contributed by atoms with Gasteiger partial charge in [0.2, 0.25) is 0 Å². The highest BCUT2D eigenvalue weighted by Gasteiger charge is 2.34. The van der Waals surface area contributed by atoms with E-state index in [1.165, 1.54) is 0 Å². The molecule has 0 saturated heterocycles. The average molecular weight is 270 g/mol. The summed E-state index contributed by atoms with van der Waals surface area (Å²) in [6.45, 7) is 0. The van der Waals surface area contributed by atoms with Gasteiger partial charge in [-0.15, -0.1) is 0 Å². The van der Waals surface area contributed by atoms with Crippen molar-refractivity contribution in [2.45, 2.75) is 44.2 Å². The van der Waals surface area contributed by atoms with Gasteiger partial charge in [-0.2, -0.15) is 0 Å². The molecule has 0 fully saturated rings. The molecule has 0 bridgehead atoms. The maximum absolute atomic E-state index is 10.3. The molecule has 0 aromatic carbocycles. The molecule has 0 aliphatic carbocycles. The molecule has 1 rings (SSSR count). The lowest BCUT2D eigenvalue weighted by atomic mass is 10.1. The van der Waals surface area contributed by atoms with E-state index >= 15 is 0 Å². The normalized spacial score (nSPS) is 26.3. The molecular formula is C14H22O5. The summed E-state index contributed by atoms with van der Waals surface area (Å²) < 4.78 is 16.1. The second kappa shape index (κ2) is 8.09. The maximum atomic E-state index is 10.3. The molecule has 1 aliphatic rings. The largest absolute Gasteiger partial charge is 0.481 e. The van der Waals surface area contributed by atoms with E-state index < -0.39 is 11.8 Å². The van der Waals surface area contributed by atoms with Crippen molar-refractivity contribution in [2.75, 3.05) is 14.2 Å². The summed E-state index contributed by atoms with van der Waals surface area (Å²) >= 11 is 0. The van der Waals surface area contributed by atoms with Gasteiger partial charge in [0.05, 0.1) is 0 Å². The second-order valence-corrected chi connectivity index (χ2v) is 4.39. The van der Waals surface area contributed by atoms with Gasteiger partial charge in [0.25, 0.3) is 0 Å². The summed E-state index contributed by atoms with van der Waals surface area (Å²) in [5.74, 6) is -1.45. The molecule has 0 amide bonds. The zero-order valence-corrected chi connectivity index (χ0v) is 11.5. The van der Waals surface area contributed by atoms with Crippen molar-refractivity contribution in [3.63, 3.8) is 0 Å². The van der Waals surface area contributed by atoms with E-state index in [-0.39, 0.29) is 12.7 Å². The topological polar surface area (TPSA) is 65.0 Å². The Morgan fingerprint density at radius 3 is 2.74 bits per heavy atom. The van der Waals surface area contributed by atoms with Gasteiger partial charge in [-0.3, -0.25) is 4.79 Å². The van der Waals surface area contributed by atoms with Gasteiger partial charge in [-0.05, 0) is 31.4 Å². The van der Waals surface area contributed by atoms with Gasteiger partial charge in [0.1, 0.15) is 0 Å². The molecule has 5 heteroatoms. The summed E-state index contributed by atoms with van der Waals surface area (Å²) in [6, 6.07) is 0. The SMILES string of the molecule is COC1C=CC(CCC=CCCCC(=O)O)(OC)O1. The third-order valence-electron chi connectivity index (χ3n) is 2.99. The monoisotopic (exact) mass is 270 g/mol. The predicted molar refractivity (Wildman–Crippen MR) is 70.6 cm³/mol. The molecule has 108 valence electrons.